The Hall–Kier alpha value is -0.950. The van der Waals surface area contributed by atoms with Gasteiger partial charge in [-0.15, -0.1) is 0 Å². The van der Waals surface area contributed by atoms with Crippen molar-refractivity contribution in [2.75, 3.05) is 51.3 Å². The molecule has 0 aliphatic carbocycles. The summed E-state index contributed by atoms with van der Waals surface area (Å²) in [6, 6.07) is -0.192. The van der Waals surface area contributed by atoms with Crippen LogP contribution < -0.4 is 0 Å². The van der Waals surface area contributed by atoms with Gasteiger partial charge in [-0.2, -0.15) is 0 Å². The molecule has 2 rings (SSSR count). The third-order valence-electron chi connectivity index (χ3n) is 4.09. The Labute approximate surface area is 122 Å². The van der Waals surface area contributed by atoms with Crippen molar-refractivity contribution in [1.29, 1.82) is 0 Å². The van der Waals surface area contributed by atoms with Gasteiger partial charge in [0.1, 0.15) is 6.04 Å². The molecule has 2 unspecified atom stereocenters. The molecule has 2 atom stereocenters. The summed E-state index contributed by atoms with van der Waals surface area (Å²) < 4.78 is 11.4. The number of piperazine rings is 2. The van der Waals surface area contributed by atoms with Gasteiger partial charge < -0.3 is 9.80 Å². The molecular weight excluding hydrogens is 278 g/mol. The Balaban J connectivity index is 1.90. The summed E-state index contributed by atoms with van der Waals surface area (Å²) >= 11 is 0. The van der Waals surface area contributed by atoms with E-state index < -0.39 is 10.8 Å². The summed E-state index contributed by atoms with van der Waals surface area (Å²) in [5.74, 6) is 1.14. The number of likely N-dealkylation sites (N-methyl/N-ethyl adjacent to an activating group) is 1. The number of carbonyl (C=O) groups is 2. The lowest BCUT2D eigenvalue weighted by molar-refractivity contribution is -0.147. The Morgan fingerprint density at radius 1 is 1.30 bits per heavy atom. The Bertz CT molecular complexity index is 416. The molecule has 0 bridgehead atoms. The summed E-state index contributed by atoms with van der Waals surface area (Å²) in [6.07, 6.45) is 0.317. The van der Waals surface area contributed by atoms with E-state index in [-0.39, 0.29) is 17.9 Å². The average Bonchev–Trinajstić information content (AvgIpc) is 2.48. The van der Waals surface area contributed by atoms with Crippen molar-refractivity contribution < 1.29 is 13.8 Å². The molecule has 114 valence electrons. The predicted octanol–water partition coefficient (Wildman–Crippen LogP) is -0.870. The van der Waals surface area contributed by atoms with E-state index in [0.29, 0.717) is 31.0 Å². The first-order valence-electron chi connectivity index (χ1n) is 7.14. The first-order valence-corrected chi connectivity index (χ1v) is 8.63. The number of amides is 2. The van der Waals surface area contributed by atoms with E-state index >= 15 is 0 Å². The molecule has 6 nitrogen and oxygen atoms in total. The van der Waals surface area contributed by atoms with Crippen LogP contribution in [0.2, 0.25) is 0 Å². The van der Waals surface area contributed by atoms with Crippen molar-refractivity contribution in [3.63, 3.8) is 0 Å². The molecule has 0 radical (unpaired) electrons. The summed E-state index contributed by atoms with van der Waals surface area (Å²) in [5, 5.41) is 0. The van der Waals surface area contributed by atoms with Crippen LogP contribution in [0.1, 0.15) is 13.3 Å². The van der Waals surface area contributed by atoms with Crippen molar-refractivity contribution in [2.45, 2.75) is 19.4 Å². The minimum Gasteiger partial charge on any atom is -0.343 e. The van der Waals surface area contributed by atoms with Crippen LogP contribution in [0.15, 0.2) is 0 Å². The van der Waals surface area contributed by atoms with Gasteiger partial charge in [0.2, 0.25) is 11.8 Å². The third-order valence-corrected chi connectivity index (χ3v) is 5.40. The molecule has 2 heterocycles. The lowest BCUT2D eigenvalue weighted by Crippen LogP contribution is -2.64. The molecule has 2 saturated heterocycles. The van der Waals surface area contributed by atoms with Gasteiger partial charge in [0.25, 0.3) is 0 Å². The van der Waals surface area contributed by atoms with Crippen molar-refractivity contribution in [3.8, 4) is 0 Å². The Kier molecular flexibility index (Phi) is 5.15. The number of rotatable bonds is 4. The number of hydrogen-bond donors (Lipinski definition) is 0. The molecule has 2 aliphatic heterocycles. The van der Waals surface area contributed by atoms with E-state index in [9.17, 15) is 13.8 Å². The molecule has 20 heavy (non-hydrogen) atoms. The molecule has 2 aliphatic rings. The molecule has 0 aromatic carbocycles. The highest BCUT2D eigenvalue weighted by molar-refractivity contribution is 7.84. The van der Waals surface area contributed by atoms with Crippen LogP contribution in [0, 0.1) is 0 Å². The molecule has 0 aromatic rings. The summed E-state index contributed by atoms with van der Waals surface area (Å²) in [5.41, 5.74) is 0. The maximum Gasteiger partial charge on any atom is 0.241 e. The van der Waals surface area contributed by atoms with Crippen LogP contribution in [-0.2, 0) is 20.4 Å². The second-order valence-electron chi connectivity index (χ2n) is 5.33. The monoisotopic (exact) mass is 301 g/mol. The van der Waals surface area contributed by atoms with Gasteiger partial charge in [0, 0.05) is 68.5 Å². The van der Waals surface area contributed by atoms with Gasteiger partial charge in [-0.3, -0.25) is 18.7 Å². The highest BCUT2D eigenvalue weighted by Crippen LogP contribution is 2.16. The number of fused-ring (bicyclic) bond motifs is 1. The molecule has 7 heteroatoms. The first kappa shape index (κ1) is 15.4. The Morgan fingerprint density at radius 3 is 2.70 bits per heavy atom. The van der Waals surface area contributed by atoms with Crippen molar-refractivity contribution in [3.05, 3.63) is 0 Å². The topological polar surface area (TPSA) is 60.9 Å². The zero-order valence-electron chi connectivity index (χ0n) is 12.2. The smallest absolute Gasteiger partial charge is 0.241 e. The van der Waals surface area contributed by atoms with Gasteiger partial charge in [-0.1, -0.05) is 6.92 Å². The van der Waals surface area contributed by atoms with Gasteiger partial charge in [0.15, 0.2) is 0 Å². The zero-order chi connectivity index (χ0) is 14.7. The highest BCUT2D eigenvalue weighted by atomic mass is 32.2. The minimum atomic E-state index is -0.906. The van der Waals surface area contributed by atoms with E-state index in [2.05, 4.69) is 4.90 Å². The second-order valence-corrected chi connectivity index (χ2v) is 7.20. The maximum atomic E-state index is 12.1. The minimum absolute atomic E-state index is 0.0208. The maximum absolute atomic E-state index is 12.1. The predicted molar refractivity (Wildman–Crippen MR) is 77.7 cm³/mol. The lowest BCUT2D eigenvalue weighted by Gasteiger charge is -2.45. The standard InChI is InChI=1S/C13H23N3O3S/c1-3-20(19)9-4-12(17)16-8-7-15-6-5-14(2)13(18)11(15)10-16/h11H,3-10H2,1-2H3. The van der Waals surface area contributed by atoms with Gasteiger partial charge in [-0.25, -0.2) is 0 Å². The molecule has 0 N–H and O–H groups in total. The number of carbonyl (C=O) groups excluding carboxylic acids is 2. The van der Waals surface area contributed by atoms with Gasteiger partial charge >= 0.3 is 0 Å². The van der Waals surface area contributed by atoms with E-state index in [0.717, 1.165) is 19.6 Å². The zero-order valence-corrected chi connectivity index (χ0v) is 13.0. The second kappa shape index (κ2) is 6.67. The summed E-state index contributed by atoms with van der Waals surface area (Å²) in [4.78, 5) is 29.9. The van der Waals surface area contributed by atoms with E-state index in [1.165, 1.54) is 0 Å². The van der Waals surface area contributed by atoms with Crippen LogP contribution in [0.5, 0.6) is 0 Å². The summed E-state index contributed by atoms with van der Waals surface area (Å²) in [6.45, 7) is 5.40. The molecule has 2 fully saturated rings. The molecule has 0 aromatic heterocycles. The highest BCUT2D eigenvalue weighted by Gasteiger charge is 2.38. The van der Waals surface area contributed by atoms with Crippen LogP contribution in [0.3, 0.4) is 0 Å². The van der Waals surface area contributed by atoms with Gasteiger partial charge in [-0.05, 0) is 0 Å². The fraction of sp³-hybridized carbons (Fsp3) is 0.846. The van der Waals surface area contributed by atoms with Crippen LogP contribution >= 0.6 is 0 Å². The fourth-order valence-electron chi connectivity index (χ4n) is 2.70. The summed E-state index contributed by atoms with van der Waals surface area (Å²) in [7, 11) is 0.905. The van der Waals surface area contributed by atoms with E-state index in [4.69, 9.17) is 0 Å². The SMILES string of the molecule is CCS(=O)CCC(=O)N1CCN2CCN(C)C(=O)C2C1. The quantitative estimate of drug-likeness (QED) is 0.677. The van der Waals surface area contributed by atoms with Crippen LogP contribution in [-0.4, -0.2) is 88.0 Å². The molecular formula is C13H23N3O3S. The lowest BCUT2D eigenvalue weighted by atomic mass is 10.1. The fourth-order valence-corrected chi connectivity index (χ4v) is 3.39. The van der Waals surface area contributed by atoms with Crippen molar-refractivity contribution in [1.82, 2.24) is 14.7 Å². The number of nitrogens with zero attached hydrogens (tertiary/aromatic N) is 3. The van der Waals surface area contributed by atoms with Crippen molar-refractivity contribution >= 4 is 22.6 Å². The molecule has 0 saturated carbocycles. The Morgan fingerprint density at radius 2 is 2.00 bits per heavy atom. The van der Waals surface area contributed by atoms with Gasteiger partial charge in [0.05, 0.1) is 0 Å². The largest absolute Gasteiger partial charge is 0.343 e. The normalized spacial score (nSPS) is 25.5. The van der Waals surface area contributed by atoms with Crippen molar-refractivity contribution in [2.24, 2.45) is 0 Å². The first-order chi connectivity index (χ1) is 9.52. The molecule has 0 spiro atoms. The third kappa shape index (κ3) is 3.38. The average molecular weight is 301 g/mol. The van der Waals surface area contributed by atoms with Crippen LogP contribution in [0.4, 0.5) is 0 Å². The van der Waals surface area contributed by atoms with Crippen LogP contribution in [0.25, 0.3) is 0 Å². The molecule has 2 amide bonds. The van der Waals surface area contributed by atoms with E-state index in [1.807, 2.05) is 14.0 Å². The number of hydrogen-bond acceptors (Lipinski definition) is 4. The van der Waals surface area contributed by atoms with E-state index in [1.54, 1.807) is 9.80 Å².